The lowest BCUT2D eigenvalue weighted by atomic mass is 9.82. The number of fused-ring (bicyclic) bond motifs is 3. The first-order valence-corrected chi connectivity index (χ1v) is 12.8. The lowest BCUT2D eigenvalue weighted by Gasteiger charge is -2.22. The van der Waals surface area contributed by atoms with Gasteiger partial charge in [-0.3, -0.25) is 23.7 Å². The van der Waals surface area contributed by atoms with Crippen LogP contribution < -0.4 is 9.47 Å². The fourth-order valence-electron chi connectivity index (χ4n) is 3.95. The Labute approximate surface area is 216 Å². The summed E-state index contributed by atoms with van der Waals surface area (Å²) in [6, 6.07) is 14.9. The maximum atomic E-state index is 13.5. The fourth-order valence-corrected chi connectivity index (χ4v) is 3.95. The van der Waals surface area contributed by atoms with Gasteiger partial charge in [0.05, 0.1) is 28.4 Å². The van der Waals surface area contributed by atoms with Crippen LogP contribution in [0.15, 0.2) is 54.6 Å². The maximum absolute atomic E-state index is 13.5. The van der Waals surface area contributed by atoms with E-state index in [9.17, 15) is 27.6 Å². The second-order valence-electron chi connectivity index (χ2n) is 8.26. The molecule has 1 heterocycles. The zero-order valence-electron chi connectivity index (χ0n) is 20.3. The Balaban J connectivity index is 0.000000617. The quantitative estimate of drug-likeness (QED) is 0.198. The predicted octanol–water partition coefficient (Wildman–Crippen LogP) is 3.36. The van der Waals surface area contributed by atoms with Gasteiger partial charge in [-0.1, -0.05) is 24.3 Å². The van der Waals surface area contributed by atoms with Crippen LogP contribution in [0.25, 0.3) is 22.4 Å². The molecule has 0 radical (unpaired) electrons. The SMILES string of the molecule is CC(=O)Oc1cccc2c1C(=O)c1c(OC(C)=O)cc(-c3nc4ccccc4[nH]3)cc1C2=O.CS(=O)(=O)O. The van der Waals surface area contributed by atoms with Crippen LogP contribution in [0.4, 0.5) is 0 Å². The maximum Gasteiger partial charge on any atom is 0.308 e. The van der Waals surface area contributed by atoms with E-state index in [2.05, 4.69) is 9.97 Å². The van der Waals surface area contributed by atoms with Gasteiger partial charge in [0.2, 0.25) is 5.78 Å². The van der Waals surface area contributed by atoms with Gasteiger partial charge in [0.15, 0.2) is 5.78 Å². The monoisotopic (exact) mass is 536 g/mol. The Morgan fingerprint density at radius 3 is 2.08 bits per heavy atom. The smallest absolute Gasteiger partial charge is 0.308 e. The third-order valence-corrected chi connectivity index (χ3v) is 5.24. The lowest BCUT2D eigenvalue weighted by Crippen LogP contribution is -2.24. The highest BCUT2D eigenvalue weighted by Gasteiger charge is 2.36. The van der Waals surface area contributed by atoms with Crippen molar-refractivity contribution < 1.29 is 41.6 Å². The first kappa shape index (κ1) is 26.4. The summed E-state index contributed by atoms with van der Waals surface area (Å²) in [4.78, 5) is 58.0. The summed E-state index contributed by atoms with van der Waals surface area (Å²) in [5.74, 6) is -1.97. The summed E-state index contributed by atoms with van der Waals surface area (Å²) in [5.41, 5.74) is 2.04. The predicted molar refractivity (Wildman–Crippen MR) is 135 cm³/mol. The molecule has 0 saturated heterocycles. The second-order valence-corrected chi connectivity index (χ2v) is 9.72. The minimum Gasteiger partial charge on any atom is -0.426 e. The number of hydrogen-bond donors (Lipinski definition) is 2. The van der Waals surface area contributed by atoms with Crippen LogP contribution in [0.2, 0.25) is 0 Å². The molecule has 2 N–H and O–H groups in total. The molecule has 0 aliphatic heterocycles. The number of carbonyl (C=O) groups excluding carboxylic acids is 4. The summed E-state index contributed by atoms with van der Waals surface area (Å²) >= 11 is 0. The molecule has 1 aliphatic carbocycles. The number of hydrogen-bond acceptors (Lipinski definition) is 9. The van der Waals surface area contributed by atoms with E-state index in [-0.39, 0.29) is 33.8 Å². The number of ketones is 2. The number of benzene rings is 3. The van der Waals surface area contributed by atoms with E-state index in [4.69, 9.17) is 14.0 Å². The molecule has 38 heavy (non-hydrogen) atoms. The van der Waals surface area contributed by atoms with E-state index in [0.717, 1.165) is 11.0 Å². The number of esters is 2. The molecule has 1 aromatic heterocycles. The Kier molecular flexibility index (Phi) is 6.94. The normalized spacial score (nSPS) is 12.2. The highest BCUT2D eigenvalue weighted by atomic mass is 32.2. The number of para-hydroxylation sites is 2. The summed E-state index contributed by atoms with van der Waals surface area (Å²) in [5, 5.41) is 0. The van der Waals surface area contributed by atoms with Gasteiger partial charge in [0.1, 0.15) is 17.3 Å². The Hall–Kier alpha value is -4.68. The van der Waals surface area contributed by atoms with Crippen molar-refractivity contribution >= 4 is 44.7 Å². The van der Waals surface area contributed by atoms with Gasteiger partial charge in [-0.05, 0) is 30.3 Å². The molecule has 0 spiro atoms. The van der Waals surface area contributed by atoms with E-state index < -0.39 is 33.6 Å². The van der Waals surface area contributed by atoms with Gasteiger partial charge >= 0.3 is 11.9 Å². The molecule has 11 nitrogen and oxygen atoms in total. The average Bonchev–Trinajstić information content (AvgIpc) is 3.25. The first-order valence-electron chi connectivity index (χ1n) is 11.0. The lowest BCUT2D eigenvalue weighted by molar-refractivity contribution is -0.132. The van der Waals surface area contributed by atoms with Gasteiger partial charge in [-0.2, -0.15) is 8.42 Å². The van der Waals surface area contributed by atoms with E-state index in [1.807, 2.05) is 24.3 Å². The molecule has 5 rings (SSSR count). The van der Waals surface area contributed by atoms with Gasteiger partial charge in [0.25, 0.3) is 10.1 Å². The van der Waals surface area contributed by atoms with Crippen molar-refractivity contribution in [2.75, 3.05) is 6.26 Å². The molecule has 0 atom stereocenters. The van der Waals surface area contributed by atoms with Gasteiger partial charge in [-0.25, -0.2) is 4.98 Å². The molecule has 4 aromatic rings. The molecule has 3 aromatic carbocycles. The fraction of sp³-hybridized carbons (Fsp3) is 0.115. The molecule has 0 amide bonds. The van der Waals surface area contributed by atoms with E-state index in [1.165, 1.54) is 38.1 Å². The third-order valence-electron chi connectivity index (χ3n) is 5.24. The second kappa shape index (κ2) is 10.00. The van der Waals surface area contributed by atoms with Crippen LogP contribution in [-0.4, -0.2) is 52.7 Å². The Bertz CT molecular complexity index is 1710. The van der Waals surface area contributed by atoms with Crippen molar-refractivity contribution in [1.29, 1.82) is 0 Å². The number of rotatable bonds is 3. The topological polar surface area (TPSA) is 170 Å². The van der Waals surface area contributed by atoms with Gasteiger partial charge < -0.3 is 14.5 Å². The highest BCUT2D eigenvalue weighted by Crippen LogP contribution is 2.40. The number of ether oxygens (including phenoxy) is 2. The number of H-pyrrole nitrogens is 1. The minimum absolute atomic E-state index is 0.0286. The van der Waals surface area contributed by atoms with E-state index in [1.54, 1.807) is 6.07 Å². The van der Waals surface area contributed by atoms with Crippen molar-refractivity contribution in [3.63, 3.8) is 0 Å². The number of aromatic amines is 1. The number of imidazole rings is 1. The number of carbonyl (C=O) groups is 4. The summed E-state index contributed by atoms with van der Waals surface area (Å²) < 4.78 is 36.4. The Morgan fingerprint density at radius 1 is 0.842 bits per heavy atom. The Morgan fingerprint density at radius 2 is 1.45 bits per heavy atom. The molecule has 0 bridgehead atoms. The number of nitrogens with one attached hydrogen (secondary N) is 1. The van der Waals surface area contributed by atoms with Crippen molar-refractivity contribution in [3.05, 3.63) is 76.9 Å². The van der Waals surface area contributed by atoms with E-state index in [0.29, 0.717) is 17.6 Å². The highest BCUT2D eigenvalue weighted by molar-refractivity contribution is 7.85. The van der Waals surface area contributed by atoms with Crippen LogP contribution >= 0.6 is 0 Å². The van der Waals surface area contributed by atoms with Gasteiger partial charge in [0, 0.05) is 30.5 Å². The standard InChI is InChI=1S/C25H16N2O6.CH4O3S/c1-12(28)32-19-9-5-6-15-21(19)24(31)22-16(23(15)30)10-14(11-20(22)33-13(2)29)25-26-17-7-3-4-8-18(17)27-25;1-5(2,3)4/h3-11H,1-2H3,(H,26,27);1H3,(H,2,3,4). The van der Waals surface area contributed by atoms with Crippen molar-refractivity contribution in [3.8, 4) is 22.9 Å². The molecule has 12 heteroatoms. The molecule has 1 aliphatic rings. The van der Waals surface area contributed by atoms with Crippen molar-refractivity contribution in [1.82, 2.24) is 9.97 Å². The van der Waals surface area contributed by atoms with Crippen molar-refractivity contribution in [2.45, 2.75) is 13.8 Å². The van der Waals surface area contributed by atoms with E-state index >= 15 is 0 Å². The summed E-state index contributed by atoms with van der Waals surface area (Å²) in [6.07, 6.45) is 0.715. The molecular weight excluding hydrogens is 516 g/mol. The van der Waals surface area contributed by atoms with Crippen LogP contribution in [0.1, 0.15) is 45.7 Å². The van der Waals surface area contributed by atoms with Crippen molar-refractivity contribution in [2.24, 2.45) is 0 Å². The average molecular weight is 537 g/mol. The zero-order valence-corrected chi connectivity index (χ0v) is 21.1. The zero-order chi connectivity index (χ0) is 27.8. The number of nitrogens with zero attached hydrogens (tertiary/aromatic N) is 1. The molecule has 194 valence electrons. The van der Waals surface area contributed by atoms with Crippen LogP contribution in [0.5, 0.6) is 11.5 Å². The van der Waals surface area contributed by atoms with Crippen LogP contribution in [-0.2, 0) is 19.7 Å². The third kappa shape index (κ3) is 5.51. The number of aromatic nitrogens is 2. The van der Waals surface area contributed by atoms with Gasteiger partial charge in [-0.15, -0.1) is 0 Å². The molecular formula is C26H20N2O9S. The molecule has 0 unspecified atom stereocenters. The van der Waals surface area contributed by atoms with Crippen LogP contribution in [0.3, 0.4) is 0 Å². The molecule has 0 fully saturated rings. The molecule has 0 saturated carbocycles. The minimum atomic E-state index is -3.67. The van der Waals surface area contributed by atoms with Crippen LogP contribution in [0, 0.1) is 0 Å². The first-order chi connectivity index (χ1) is 17.8. The summed E-state index contributed by atoms with van der Waals surface area (Å²) in [7, 11) is -3.67. The largest absolute Gasteiger partial charge is 0.426 e. The summed E-state index contributed by atoms with van der Waals surface area (Å²) in [6.45, 7) is 2.40.